The van der Waals surface area contributed by atoms with E-state index in [2.05, 4.69) is 13.8 Å². The number of nitrogens with two attached hydrogens (primary N) is 1. The molecule has 1 nitrogen and oxygen atoms in total. The van der Waals surface area contributed by atoms with Crippen LogP contribution in [0.1, 0.15) is 38.3 Å². The zero-order chi connectivity index (χ0) is 11.4. The lowest BCUT2D eigenvalue weighted by atomic mass is 9.92. The van der Waals surface area contributed by atoms with Crippen LogP contribution in [0.4, 0.5) is 4.39 Å². The van der Waals surface area contributed by atoms with Crippen LogP contribution < -0.4 is 5.73 Å². The lowest BCUT2D eigenvalue weighted by Gasteiger charge is -2.19. The van der Waals surface area contributed by atoms with Crippen molar-refractivity contribution in [3.63, 3.8) is 0 Å². The molecule has 1 aromatic rings. The molecule has 0 amide bonds. The normalized spacial score (nSPS) is 15.0. The molecule has 0 spiro atoms. The summed E-state index contributed by atoms with van der Waals surface area (Å²) >= 11 is 5.71. The molecule has 0 bridgehead atoms. The summed E-state index contributed by atoms with van der Waals surface area (Å²) in [7, 11) is 0. The van der Waals surface area contributed by atoms with Crippen LogP contribution >= 0.6 is 11.6 Å². The quantitative estimate of drug-likeness (QED) is 0.832. The van der Waals surface area contributed by atoms with Crippen LogP contribution in [0, 0.1) is 11.7 Å². The van der Waals surface area contributed by atoms with Gasteiger partial charge in [-0.15, -0.1) is 0 Å². The van der Waals surface area contributed by atoms with Gasteiger partial charge in [0.25, 0.3) is 0 Å². The van der Waals surface area contributed by atoms with Crippen molar-refractivity contribution in [3.05, 3.63) is 34.6 Å². The predicted octanol–water partition coefficient (Wildman–Crippen LogP) is 3.92. The molecule has 3 heteroatoms. The zero-order valence-electron chi connectivity index (χ0n) is 9.13. The topological polar surface area (TPSA) is 26.0 Å². The van der Waals surface area contributed by atoms with Gasteiger partial charge >= 0.3 is 0 Å². The van der Waals surface area contributed by atoms with Gasteiger partial charge in [0.1, 0.15) is 5.82 Å². The predicted molar refractivity (Wildman–Crippen MR) is 62.4 cm³/mol. The first-order valence-electron chi connectivity index (χ1n) is 5.26. The van der Waals surface area contributed by atoms with Crippen LogP contribution in [0.3, 0.4) is 0 Å². The lowest BCUT2D eigenvalue weighted by Crippen LogP contribution is -2.19. The molecule has 1 aromatic carbocycles. The Morgan fingerprint density at radius 3 is 2.67 bits per heavy atom. The minimum Gasteiger partial charge on any atom is -0.324 e. The molecular weight excluding hydrogens is 213 g/mol. The number of halogens is 2. The van der Waals surface area contributed by atoms with E-state index in [1.807, 2.05) is 0 Å². The average molecular weight is 230 g/mol. The van der Waals surface area contributed by atoms with E-state index in [1.54, 1.807) is 12.1 Å². The van der Waals surface area contributed by atoms with Gasteiger partial charge in [0, 0.05) is 6.04 Å². The number of benzene rings is 1. The highest BCUT2D eigenvalue weighted by Crippen LogP contribution is 2.26. The number of rotatable bonds is 4. The van der Waals surface area contributed by atoms with Gasteiger partial charge in [-0.05, 0) is 30.0 Å². The summed E-state index contributed by atoms with van der Waals surface area (Å²) in [4.78, 5) is 0. The Balaban J connectivity index is 2.81. The molecule has 0 aliphatic carbocycles. The Labute approximate surface area is 95.4 Å². The summed E-state index contributed by atoms with van der Waals surface area (Å²) in [6.07, 6.45) is 2.17. The van der Waals surface area contributed by atoms with Gasteiger partial charge in [0.05, 0.1) is 5.02 Å². The van der Waals surface area contributed by atoms with E-state index in [4.69, 9.17) is 17.3 Å². The number of hydrogen-bond acceptors (Lipinski definition) is 1. The minimum absolute atomic E-state index is 0.0666. The van der Waals surface area contributed by atoms with Crippen molar-refractivity contribution >= 4 is 11.6 Å². The van der Waals surface area contributed by atoms with Gasteiger partial charge in [-0.2, -0.15) is 0 Å². The van der Waals surface area contributed by atoms with Crippen LogP contribution in [0.25, 0.3) is 0 Å². The maximum atomic E-state index is 12.9. The first-order chi connectivity index (χ1) is 7.06. The second-order valence-corrected chi connectivity index (χ2v) is 4.37. The van der Waals surface area contributed by atoms with E-state index >= 15 is 0 Å². The van der Waals surface area contributed by atoms with Gasteiger partial charge < -0.3 is 5.73 Å². The molecule has 0 aliphatic rings. The first-order valence-corrected chi connectivity index (χ1v) is 5.64. The van der Waals surface area contributed by atoms with E-state index in [0.717, 1.165) is 18.4 Å². The maximum absolute atomic E-state index is 12.9. The smallest absolute Gasteiger partial charge is 0.141 e. The summed E-state index contributed by atoms with van der Waals surface area (Å²) in [6, 6.07) is 4.63. The summed E-state index contributed by atoms with van der Waals surface area (Å²) in [5, 5.41) is 0.145. The molecule has 84 valence electrons. The fourth-order valence-corrected chi connectivity index (χ4v) is 1.87. The van der Waals surface area contributed by atoms with Crippen LogP contribution in [-0.2, 0) is 0 Å². The van der Waals surface area contributed by atoms with Gasteiger partial charge in [0.2, 0.25) is 0 Å². The fourth-order valence-electron chi connectivity index (χ4n) is 1.68. The van der Waals surface area contributed by atoms with Crippen molar-refractivity contribution in [1.29, 1.82) is 0 Å². The lowest BCUT2D eigenvalue weighted by molar-refractivity contribution is 0.433. The Kier molecular flexibility index (Phi) is 4.55. The number of hydrogen-bond donors (Lipinski definition) is 1. The first kappa shape index (κ1) is 12.5. The maximum Gasteiger partial charge on any atom is 0.141 e. The Morgan fingerprint density at radius 2 is 2.13 bits per heavy atom. The van der Waals surface area contributed by atoms with Crippen LogP contribution in [0.5, 0.6) is 0 Å². The molecule has 0 heterocycles. The minimum atomic E-state index is -0.393. The van der Waals surface area contributed by atoms with Crippen LogP contribution in [0.15, 0.2) is 18.2 Å². The van der Waals surface area contributed by atoms with Gasteiger partial charge in [-0.25, -0.2) is 4.39 Å². The SMILES string of the molecule is CCCC(C)C(N)c1ccc(F)c(Cl)c1. The van der Waals surface area contributed by atoms with Crippen LogP contribution in [-0.4, -0.2) is 0 Å². The summed E-state index contributed by atoms with van der Waals surface area (Å²) in [5.41, 5.74) is 6.97. The molecule has 15 heavy (non-hydrogen) atoms. The standard InChI is InChI=1S/C12H17ClFN/c1-3-4-8(2)12(15)9-5-6-11(14)10(13)7-9/h5-8,12H,3-4,15H2,1-2H3. The van der Waals surface area contributed by atoms with E-state index in [1.165, 1.54) is 6.07 Å². The molecule has 2 unspecified atom stereocenters. The van der Waals surface area contributed by atoms with E-state index < -0.39 is 5.82 Å². The highest BCUT2D eigenvalue weighted by atomic mass is 35.5. The van der Waals surface area contributed by atoms with Crippen LogP contribution in [0.2, 0.25) is 5.02 Å². The zero-order valence-corrected chi connectivity index (χ0v) is 9.89. The molecule has 1 rings (SSSR count). The average Bonchev–Trinajstić information content (AvgIpc) is 2.21. The Hall–Kier alpha value is -0.600. The third-order valence-electron chi connectivity index (χ3n) is 2.69. The fraction of sp³-hybridized carbons (Fsp3) is 0.500. The van der Waals surface area contributed by atoms with Crippen molar-refractivity contribution < 1.29 is 4.39 Å². The highest BCUT2D eigenvalue weighted by Gasteiger charge is 2.15. The van der Waals surface area contributed by atoms with Gasteiger partial charge in [0.15, 0.2) is 0 Å². The van der Waals surface area contributed by atoms with E-state index in [0.29, 0.717) is 5.92 Å². The molecule has 2 N–H and O–H groups in total. The molecule has 0 saturated heterocycles. The highest BCUT2D eigenvalue weighted by molar-refractivity contribution is 6.30. The van der Waals surface area contributed by atoms with E-state index in [9.17, 15) is 4.39 Å². The largest absolute Gasteiger partial charge is 0.324 e. The van der Waals surface area contributed by atoms with Crippen molar-refractivity contribution in [2.24, 2.45) is 11.7 Å². The Bertz CT molecular complexity index is 327. The van der Waals surface area contributed by atoms with Crippen molar-refractivity contribution in [2.45, 2.75) is 32.7 Å². The summed E-state index contributed by atoms with van der Waals surface area (Å²) in [5.74, 6) is -0.00714. The third-order valence-corrected chi connectivity index (χ3v) is 2.98. The summed E-state index contributed by atoms with van der Waals surface area (Å²) in [6.45, 7) is 4.23. The Morgan fingerprint density at radius 1 is 1.47 bits per heavy atom. The van der Waals surface area contributed by atoms with E-state index in [-0.39, 0.29) is 11.1 Å². The second kappa shape index (κ2) is 5.47. The van der Waals surface area contributed by atoms with Gasteiger partial charge in [-0.3, -0.25) is 0 Å². The molecule has 0 saturated carbocycles. The molecule has 0 radical (unpaired) electrons. The molecular formula is C12H17ClFN. The molecule has 0 aromatic heterocycles. The van der Waals surface area contributed by atoms with Crippen molar-refractivity contribution in [2.75, 3.05) is 0 Å². The molecule has 0 aliphatic heterocycles. The second-order valence-electron chi connectivity index (χ2n) is 3.97. The third kappa shape index (κ3) is 3.18. The van der Waals surface area contributed by atoms with Crippen molar-refractivity contribution in [3.8, 4) is 0 Å². The molecule has 0 fully saturated rings. The van der Waals surface area contributed by atoms with Gasteiger partial charge in [-0.1, -0.05) is 37.9 Å². The van der Waals surface area contributed by atoms with Crippen molar-refractivity contribution in [1.82, 2.24) is 0 Å². The molecule has 2 atom stereocenters. The monoisotopic (exact) mass is 229 g/mol. The summed E-state index contributed by atoms with van der Waals surface area (Å²) < 4.78 is 12.9.